The highest BCUT2D eigenvalue weighted by atomic mass is 31.1. The lowest BCUT2D eigenvalue weighted by molar-refractivity contribution is 0.757. The Bertz CT molecular complexity index is 729. The molecule has 2 heteroatoms. The zero-order chi connectivity index (χ0) is 16.2. The molecule has 0 N–H and O–H groups in total. The molecule has 2 aromatic rings. The quantitative estimate of drug-likeness (QED) is 0.496. The number of benzene rings is 2. The largest absolute Gasteiger partial charge is 0.0967 e. The van der Waals surface area contributed by atoms with Crippen molar-refractivity contribution in [2.24, 2.45) is 0 Å². The zero-order valence-electron chi connectivity index (χ0n) is 14.6. The molecule has 4 rings (SSSR count). The minimum atomic E-state index is -0.0223. The minimum absolute atomic E-state index is 0.0223. The van der Waals surface area contributed by atoms with Gasteiger partial charge in [0.25, 0.3) is 0 Å². The molecule has 0 saturated carbocycles. The molecule has 0 unspecified atom stereocenters. The van der Waals surface area contributed by atoms with Crippen LogP contribution in [0, 0.1) is 0 Å². The van der Waals surface area contributed by atoms with E-state index in [9.17, 15) is 0 Å². The van der Waals surface area contributed by atoms with E-state index in [0.29, 0.717) is 5.16 Å². The van der Waals surface area contributed by atoms with E-state index in [4.69, 9.17) is 0 Å². The first-order chi connectivity index (χ1) is 11.0. The molecule has 2 aliphatic rings. The van der Waals surface area contributed by atoms with Crippen molar-refractivity contribution in [3.8, 4) is 0 Å². The van der Waals surface area contributed by atoms with Gasteiger partial charge in [0.2, 0.25) is 0 Å². The van der Waals surface area contributed by atoms with Gasteiger partial charge in [-0.1, -0.05) is 85.1 Å². The Morgan fingerprint density at radius 1 is 0.783 bits per heavy atom. The normalized spacial score (nSPS) is 29.4. The van der Waals surface area contributed by atoms with Crippen LogP contribution in [0.5, 0.6) is 0 Å². The van der Waals surface area contributed by atoms with Gasteiger partial charge < -0.3 is 0 Å². The predicted molar refractivity (Wildman–Crippen MR) is 105 cm³/mol. The lowest BCUT2D eigenvalue weighted by Gasteiger charge is -2.38. The first-order valence-electron chi connectivity index (χ1n) is 8.59. The second-order valence-corrected chi connectivity index (χ2v) is 13.5. The van der Waals surface area contributed by atoms with Crippen LogP contribution in [0.2, 0.25) is 0 Å². The average molecular weight is 340 g/mol. The van der Waals surface area contributed by atoms with E-state index in [0.717, 1.165) is 11.3 Å². The van der Waals surface area contributed by atoms with Gasteiger partial charge in [-0.25, -0.2) is 0 Å². The molecule has 2 aromatic carbocycles. The molecule has 0 aromatic heterocycles. The Labute approximate surface area is 143 Å². The van der Waals surface area contributed by atoms with Crippen molar-refractivity contribution in [2.75, 3.05) is 6.66 Å². The third-order valence-electron chi connectivity index (χ3n) is 5.48. The Balaban J connectivity index is 1.85. The second-order valence-electron chi connectivity index (χ2n) is 8.00. The van der Waals surface area contributed by atoms with Gasteiger partial charge in [0.05, 0.1) is 0 Å². The molecular formula is C21H26P2. The molecule has 120 valence electrons. The smallest absolute Gasteiger partial charge is 0.0161 e. The predicted octanol–water partition coefficient (Wildman–Crippen LogP) is 6.89. The van der Waals surface area contributed by atoms with E-state index in [-0.39, 0.29) is 15.8 Å². The number of fused-ring (bicyclic) bond motifs is 2. The van der Waals surface area contributed by atoms with Gasteiger partial charge in [-0.05, 0) is 46.4 Å². The lowest BCUT2D eigenvalue weighted by atomic mass is 9.98. The van der Waals surface area contributed by atoms with Crippen LogP contribution in [0.3, 0.4) is 0 Å². The molecule has 0 fully saturated rings. The molecule has 0 radical (unpaired) electrons. The van der Waals surface area contributed by atoms with Crippen LogP contribution in [-0.2, 0) is 12.3 Å². The molecule has 0 saturated heterocycles. The number of rotatable bonds is 1. The zero-order valence-corrected chi connectivity index (χ0v) is 16.4. The summed E-state index contributed by atoms with van der Waals surface area (Å²) in [7, 11) is 0.0293. The Morgan fingerprint density at radius 3 is 1.91 bits per heavy atom. The van der Waals surface area contributed by atoms with Gasteiger partial charge in [-0.2, -0.15) is 0 Å². The van der Waals surface area contributed by atoms with Gasteiger partial charge in [-0.3, -0.25) is 0 Å². The van der Waals surface area contributed by atoms with Crippen molar-refractivity contribution in [3.63, 3.8) is 0 Å². The summed E-state index contributed by atoms with van der Waals surface area (Å²) in [6.07, 6.45) is 2.64. The highest BCUT2D eigenvalue weighted by molar-refractivity contribution is 7.62. The Kier molecular flexibility index (Phi) is 3.91. The van der Waals surface area contributed by atoms with E-state index in [1.54, 1.807) is 22.3 Å². The van der Waals surface area contributed by atoms with Crippen molar-refractivity contribution < 1.29 is 0 Å². The van der Waals surface area contributed by atoms with E-state index in [2.05, 4.69) is 76.0 Å². The van der Waals surface area contributed by atoms with Gasteiger partial charge >= 0.3 is 0 Å². The summed E-state index contributed by atoms with van der Waals surface area (Å²) in [5.74, 6) is 0. The number of hydrogen-bond donors (Lipinski definition) is 0. The van der Waals surface area contributed by atoms with Crippen LogP contribution in [-0.4, -0.2) is 11.8 Å². The molecule has 0 nitrogen and oxygen atoms in total. The Hall–Kier alpha value is -0.700. The van der Waals surface area contributed by atoms with E-state index in [1.807, 2.05) is 0 Å². The number of hydrogen-bond acceptors (Lipinski definition) is 0. The van der Waals surface area contributed by atoms with Crippen LogP contribution in [0.1, 0.15) is 54.3 Å². The highest BCUT2D eigenvalue weighted by Gasteiger charge is 2.46. The third-order valence-corrected chi connectivity index (χ3v) is 11.7. The van der Waals surface area contributed by atoms with Crippen LogP contribution < -0.4 is 0 Å². The van der Waals surface area contributed by atoms with Crippen molar-refractivity contribution in [1.29, 1.82) is 0 Å². The van der Waals surface area contributed by atoms with Gasteiger partial charge in [0.1, 0.15) is 0 Å². The van der Waals surface area contributed by atoms with Crippen molar-refractivity contribution in [1.82, 2.24) is 0 Å². The molecule has 23 heavy (non-hydrogen) atoms. The summed E-state index contributed by atoms with van der Waals surface area (Å²) in [5, 5.41) is 0.423. The first kappa shape index (κ1) is 15.8. The first-order valence-corrected chi connectivity index (χ1v) is 12.2. The SMILES string of the molecule is C[P@@]1Cc2ccccc2[C@@H]1[C@H]1c2ccccc2C[P@]1C(C)(C)C. The summed E-state index contributed by atoms with van der Waals surface area (Å²) in [6.45, 7) is 9.94. The summed E-state index contributed by atoms with van der Waals surface area (Å²) < 4.78 is 0. The molecule has 0 amide bonds. The Morgan fingerprint density at radius 2 is 1.30 bits per heavy atom. The second kappa shape index (κ2) is 5.68. The van der Waals surface area contributed by atoms with E-state index >= 15 is 0 Å². The average Bonchev–Trinajstić information content (AvgIpc) is 3.03. The van der Waals surface area contributed by atoms with Gasteiger partial charge in [0, 0.05) is 11.3 Å². The maximum Gasteiger partial charge on any atom is 0.0161 e. The standard InChI is InChI=1S/C21H26P2/c1-21(2,3)23-14-16-10-6-8-12-18(16)20(23)19-17-11-7-5-9-15(17)13-22(19)4/h5-12,19-20H,13-14H2,1-4H3/t19-,20-,22+,23+/m1/s1. The van der Waals surface area contributed by atoms with Gasteiger partial charge in [-0.15, -0.1) is 0 Å². The fraction of sp³-hybridized carbons (Fsp3) is 0.429. The highest BCUT2D eigenvalue weighted by Crippen LogP contribution is 2.77. The maximum absolute atomic E-state index is 2.54. The summed E-state index contributed by atoms with van der Waals surface area (Å²) >= 11 is 0. The molecule has 0 aliphatic carbocycles. The van der Waals surface area contributed by atoms with Crippen LogP contribution in [0.4, 0.5) is 0 Å². The van der Waals surface area contributed by atoms with Crippen LogP contribution >= 0.6 is 15.8 Å². The summed E-state index contributed by atoms with van der Waals surface area (Å²) in [6, 6.07) is 18.6. The maximum atomic E-state index is 2.54. The molecule has 0 bridgehead atoms. The third kappa shape index (κ3) is 2.59. The fourth-order valence-electron chi connectivity index (χ4n) is 4.39. The van der Waals surface area contributed by atoms with E-state index in [1.165, 1.54) is 12.3 Å². The molecule has 2 aliphatic heterocycles. The molecule has 4 atom stereocenters. The fourth-order valence-corrected chi connectivity index (χ4v) is 11.2. The van der Waals surface area contributed by atoms with Crippen molar-refractivity contribution in [2.45, 2.75) is 49.6 Å². The van der Waals surface area contributed by atoms with E-state index < -0.39 is 0 Å². The van der Waals surface area contributed by atoms with Crippen LogP contribution in [0.25, 0.3) is 0 Å². The molecule has 0 spiro atoms. The molecular weight excluding hydrogens is 314 g/mol. The van der Waals surface area contributed by atoms with Crippen LogP contribution in [0.15, 0.2) is 48.5 Å². The van der Waals surface area contributed by atoms with Crippen molar-refractivity contribution in [3.05, 3.63) is 70.8 Å². The monoisotopic (exact) mass is 340 g/mol. The minimum Gasteiger partial charge on any atom is -0.0967 e. The summed E-state index contributed by atoms with van der Waals surface area (Å²) in [5.41, 5.74) is 8.13. The topological polar surface area (TPSA) is 0 Å². The molecule has 2 heterocycles. The van der Waals surface area contributed by atoms with Gasteiger partial charge in [0.15, 0.2) is 0 Å². The lowest BCUT2D eigenvalue weighted by Crippen LogP contribution is -2.16. The summed E-state index contributed by atoms with van der Waals surface area (Å²) in [4.78, 5) is 0. The van der Waals surface area contributed by atoms with Crippen molar-refractivity contribution >= 4 is 15.8 Å².